The van der Waals surface area contributed by atoms with Crippen LogP contribution in [0.2, 0.25) is 0 Å². The largest absolute Gasteiger partial charge is 0.382 e. The van der Waals surface area contributed by atoms with Crippen LogP contribution < -0.4 is 5.48 Å². The highest BCUT2D eigenvalue weighted by Gasteiger charge is 2.39. The second kappa shape index (κ2) is 4.34. The zero-order valence-corrected chi connectivity index (χ0v) is 8.00. The molecular formula is C8H15NO4. The lowest BCUT2D eigenvalue weighted by Crippen LogP contribution is -2.48. The predicted molar refractivity (Wildman–Crippen MR) is 45.0 cm³/mol. The van der Waals surface area contributed by atoms with Gasteiger partial charge in [0.15, 0.2) is 5.78 Å². The highest BCUT2D eigenvalue weighted by molar-refractivity contribution is 5.92. The van der Waals surface area contributed by atoms with Crippen LogP contribution in [-0.4, -0.2) is 27.6 Å². The number of amides is 1. The Kier molecular flexibility index (Phi) is 4.03. The summed E-state index contributed by atoms with van der Waals surface area (Å²) in [6, 6.07) is 0. The van der Waals surface area contributed by atoms with E-state index in [0.717, 1.165) is 0 Å². The van der Waals surface area contributed by atoms with E-state index < -0.39 is 23.2 Å². The van der Waals surface area contributed by atoms with Gasteiger partial charge in [0.05, 0.1) is 5.92 Å². The molecule has 3 N–H and O–H groups in total. The van der Waals surface area contributed by atoms with E-state index in [-0.39, 0.29) is 6.42 Å². The topological polar surface area (TPSA) is 86.6 Å². The molecule has 2 atom stereocenters. The first-order valence-corrected chi connectivity index (χ1v) is 4.07. The average molecular weight is 189 g/mol. The highest BCUT2D eigenvalue weighted by Crippen LogP contribution is 2.19. The van der Waals surface area contributed by atoms with Crippen LogP contribution in [0.3, 0.4) is 0 Å². The maximum absolute atomic E-state index is 11.2. The molecule has 0 aliphatic heterocycles. The number of rotatable bonds is 4. The number of aliphatic hydroxyl groups is 1. The number of carbonyl (C=O) groups is 2. The summed E-state index contributed by atoms with van der Waals surface area (Å²) in [7, 11) is 0. The van der Waals surface area contributed by atoms with Crippen molar-refractivity contribution < 1.29 is 19.9 Å². The van der Waals surface area contributed by atoms with Crippen molar-refractivity contribution in [1.29, 1.82) is 0 Å². The summed E-state index contributed by atoms with van der Waals surface area (Å²) in [5.41, 5.74) is -0.322. The Bertz CT molecular complexity index is 212. The molecule has 1 amide bonds. The van der Waals surface area contributed by atoms with Crippen molar-refractivity contribution in [2.75, 3.05) is 0 Å². The Morgan fingerprint density at radius 1 is 1.54 bits per heavy atom. The first kappa shape index (κ1) is 12.1. The van der Waals surface area contributed by atoms with Crippen LogP contribution in [0, 0.1) is 5.92 Å². The van der Waals surface area contributed by atoms with E-state index in [9.17, 15) is 14.7 Å². The molecule has 0 bridgehead atoms. The lowest BCUT2D eigenvalue weighted by Gasteiger charge is -2.26. The summed E-state index contributed by atoms with van der Waals surface area (Å²) in [5.74, 6) is -2.17. The van der Waals surface area contributed by atoms with Crippen molar-refractivity contribution in [2.24, 2.45) is 5.92 Å². The molecule has 0 fully saturated rings. The van der Waals surface area contributed by atoms with Crippen molar-refractivity contribution in [3.8, 4) is 0 Å². The Morgan fingerprint density at radius 3 is 2.31 bits per heavy atom. The molecule has 76 valence electrons. The summed E-state index contributed by atoms with van der Waals surface area (Å²) >= 11 is 0. The molecule has 0 aliphatic rings. The minimum atomic E-state index is -1.72. The molecule has 0 heterocycles. The molecule has 0 saturated carbocycles. The molecule has 0 aromatic heterocycles. The van der Waals surface area contributed by atoms with Crippen molar-refractivity contribution >= 4 is 11.7 Å². The monoisotopic (exact) mass is 189 g/mol. The van der Waals surface area contributed by atoms with Gasteiger partial charge in [-0.05, 0) is 6.92 Å². The van der Waals surface area contributed by atoms with Crippen molar-refractivity contribution in [1.82, 2.24) is 5.48 Å². The summed E-state index contributed by atoms with van der Waals surface area (Å²) in [6.07, 6.45) is 0.149. The highest BCUT2D eigenvalue weighted by atomic mass is 16.5. The number of hydrogen-bond donors (Lipinski definition) is 3. The summed E-state index contributed by atoms with van der Waals surface area (Å²) in [6.45, 7) is 4.23. The molecule has 0 aromatic carbocycles. The van der Waals surface area contributed by atoms with Crippen molar-refractivity contribution in [3.63, 3.8) is 0 Å². The van der Waals surface area contributed by atoms with E-state index in [4.69, 9.17) is 5.21 Å². The van der Waals surface area contributed by atoms with Gasteiger partial charge in [0, 0.05) is 6.42 Å². The van der Waals surface area contributed by atoms with Gasteiger partial charge in [0.1, 0.15) is 5.60 Å². The lowest BCUT2D eigenvalue weighted by atomic mass is 9.85. The fraction of sp³-hybridized carbons (Fsp3) is 0.750. The third-order valence-corrected chi connectivity index (χ3v) is 2.23. The summed E-state index contributed by atoms with van der Waals surface area (Å²) in [5, 5.41) is 17.9. The fourth-order valence-electron chi connectivity index (χ4n) is 0.951. The Labute approximate surface area is 76.7 Å². The van der Waals surface area contributed by atoms with Gasteiger partial charge in [0.2, 0.25) is 5.91 Å². The molecule has 5 heteroatoms. The number of nitrogens with one attached hydrogen (secondary N) is 1. The zero-order chi connectivity index (χ0) is 10.6. The van der Waals surface area contributed by atoms with Gasteiger partial charge >= 0.3 is 0 Å². The van der Waals surface area contributed by atoms with Gasteiger partial charge < -0.3 is 5.11 Å². The van der Waals surface area contributed by atoms with Crippen LogP contribution in [0.25, 0.3) is 0 Å². The molecule has 13 heavy (non-hydrogen) atoms. The van der Waals surface area contributed by atoms with Crippen LogP contribution in [-0.2, 0) is 9.59 Å². The molecular weight excluding hydrogens is 174 g/mol. The zero-order valence-electron chi connectivity index (χ0n) is 8.00. The number of Topliss-reactive ketones (excluding diaryl/α,β-unsaturated/α-hetero) is 1. The molecule has 0 aromatic rings. The number of carbonyl (C=O) groups excluding carboxylic acids is 2. The third kappa shape index (κ3) is 2.50. The second-order valence-corrected chi connectivity index (χ2v) is 3.12. The van der Waals surface area contributed by atoms with Crippen LogP contribution in [0.5, 0.6) is 0 Å². The van der Waals surface area contributed by atoms with E-state index >= 15 is 0 Å². The Balaban J connectivity index is 4.62. The van der Waals surface area contributed by atoms with Gasteiger partial charge in [-0.3, -0.25) is 14.8 Å². The predicted octanol–water partition coefficient (Wildman–Crippen LogP) is -0.142. The van der Waals surface area contributed by atoms with Crippen LogP contribution >= 0.6 is 0 Å². The maximum atomic E-state index is 11.2. The standard InChI is InChI=1S/C8H15NO4/c1-4-6(10)8(3,12)5(2)7(11)9-13/h5,12-13H,4H2,1-3H3,(H,9,11). The molecule has 0 radical (unpaired) electrons. The van der Waals surface area contributed by atoms with E-state index in [1.807, 2.05) is 0 Å². The lowest BCUT2D eigenvalue weighted by molar-refractivity contribution is -0.152. The molecule has 2 unspecified atom stereocenters. The second-order valence-electron chi connectivity index (χ2n) is 3.12. The normalized spacial score (nSPS) is 17.3. The summed E-state index contributed by atoms with van der Waals surface area (Å²) in [4.78, 5) is 22.1. The summed E-state index contributed by atoms with van der Waals surface area (Å²) < 4.78 is 0. The van der Waals surface area contributed by atoms with Gasteiger partial charge in [-0.1, -0.05) is 13.8 Å². The molecule has 0 rings (SSSR count). The molecule has 0 aliphatic carbocycles. The molecule has 0 spiro atoms. The van der Waals surface area contributed by atoms with Crippen LogP contribution in [0.1, 0.15) is 27.2 Å². The number of hydrogen-bond acceptors (Lipinski definition) is 4. The van der Waals surface area contributed by atoms with Crippen molar-refractivity contribution in [2.45, 2.75) is 32.8 Å². The van der Waals surface area contributed by atoms with E-state index in [0.29, 0.717) is 0 Å². The van der Waals surface area contributed by atoms with Crippen LogP contribution in [0.4, 0.5) is 0 Å². The maximum Gasteiger partial charge on any atom is 0.249 e. The molecule has 5 nitrogen and oxygen atoms in total. The first-order valence-electron chi connectivity index (χ1n) is 4.07. The number of hydroxylamine groups is 1. The minimum Gasteiger partial charge on any atom is -0.382 e. The van der Waals surface area contributed by atoms with E-state index in [1.165, 1.54) is 19.3 Å². The first-order chi connectivity index (χ1) is 5.87. The Morgan fingerprint density at radius 2 is 2.00 bits per heavy atom. The van der Waals surface area contributed by atoms with Gasteiger partial charge in [-0.15, -0.1) is 0 Å². The number of ketones is 1. The third-order valence-electron chi connectivity index (χ3n) is 2.23. The van der Waals surface area contributed by atoms with Gasteiger partial charge in [-0.25, -0.2) is 5.48 Å². The van der Waals surface area contributed by atoms with E-state index in [1.54, 1.807) is 6.92 Å². The minimum absolute atomic E-state index is 0.149. The quantitative estimate of drug-likeness (QED) is 0.424. The van der Waals surface area contributed by atoms with Crippen molar-refractivity contribution in [3.05, 3.63) is 0 Å². The van der Waals surface area contributed by atoms with Gasteiger partial charge in [-0.2, -0.15) is 0 Å². The molecule has 0 saturated heterocycles. The average Bonchev–Trinajstić information content (AvgIpc) is 2.13. The van der Waals surface area contributed by atoms with E-state index in [2.05, 4.69) is 0 Å². The van der Waals surface area contributed by atoms with Gasteiger partial charge in [0.25, 0.3) is 0 Å². The smallest absolute Gasteiger partial charge is 0.249 e. The SMILES string of the molecule is CCC(=O)C(C)(O)C(C)C(=O)NO. The fourth-order valence-corrected chi connectivity index (χ4v) is 0.951. The van der Waals surface area contributed by atoms with Crippen LogP contribution in [0.15, 0.2) is 0 Å². The Hall–Kier alpha value is -0.940.